The number of aliphatic hydroxyl groups is 1. The maximum absolute atomic E-state index is 10.9. The quantitative estimate of drug-likeness (QED) is 0.592. The van der Waals surface area contributed by atoms with Gasteiger partial charge in [-0.25, -0.2) is 0 Å². The summed E-state index contributed by atoms with van der Waals surface area (Å²) in [6.07, 6.45) is 3.67. The molecule has 0 saturated carbocycles. The predicted octanol–water partition coefficient (Wildman–Crippen LogP) is 0.700. The summed E-state index contributed by atoms with van der Waals surface area (Å²) in [6.45, 7) is 0.903. The average molecular weight is 144 g/mol. The van der Waals surface area contributed by atoms with Crippen LogP contribution >= 0.6 is 0 Å². The second-order valence-corrected chi connectivity index (χ2v) is 2.80. The zero-order chi connectivity index (χ0) is 7.40. The Hall–Kier alpha value is -0.440. The molecule has 0 aromatic heterocycles. The molecule has 0 amide bonds. The fourth-order valence-electron chi connectivity index (χ4n) is 1.42. The summed E-state index contributed by atoms with van der Waals surface area (Å²) in [7, 11) is 0. The number of hydrogen-bond acceptors (Lipinski definition) is 2. The van der Waals surface area contributed by atoms with Gasteiger partial charge in [-0.15, -0.1) is 0 Å². The molecule has 0 bridgehead atoms. The standard InChI is InChI=1S/C7H14NO2/c9-6-2-4-7-3-1-5-8(7)10/h7,9H,1-6H2/q+1. The van der Waals surface area contributed by atoms with E-state index in [1.807, 2.05) is 0 Å². The third-order valence-corrected chi connectivity index (χ3v) is 2.02. The minimum absolute atomic E-state index is 0.201. The lowest BCUT2D eigenvalue weighted by atomic mass is 10.1. The highest BCUT2D eigenvalue weighted by Crippen LogP contribution is 2.15. The summed E-state index contributed by atoms with van der Waals surface area (Å²) < 4.78 is 1.15. The zero-order valence-electron chi connectivity index (χ0n) is 6.12. The van der Waals surface area contributed by atoms with E-state index in [0.717, 1.165) is 30.4 Å². The van der Waals surface area contributed by atoms with Crippen LogP contribution in [0.2, 0.25) is 0 Å². The van der Waals surface area contributed by atoms with Crippen molar-refractivity contribution in [2.75, 3.05) is 13.2 Å². The first-order valence-electron chi connectivity index (χ1n) is 3.89. The number of nitrogens with zero attached hydrogens (tertiary/aromatic N) is 1. The van der Waals surface area contributed by atoms with Crippen molar-refractivity contribution in [3.63, 3.8) is 0 Å². The fraction of sp³-hybridized carbons (Fsp3) is 1.00. The first kappa shape index (κ1) is 7.66. The molecule has 1 aliphatic heterocycles. The minimum atomic E-state index is 0.201. The predicted molar refractivity (Wildman–Crippen MR) is 37.8 cm³/mol. The van der Waals surface area contributed by atoms with Crippen LogP contribution in [0, 0.1) is 4.91 Å². The summed E-state index contributed by atoms with van der Waals surface area (Å²) in [5.74, 6) is 0. The second-order valence-electron chi connectivity index (χ2n) is 2.80. The van der Waals surface area contributed by atoms with Gasteiger partial charge in [0.2, 0.25) is 6.04 Å². The van der Waals surface area contributed by atoms with Crippen molar-refractivity contribution in [2.24, 2.45) is 0 Å². The first-order chi connectivity index (χ1) is 4.84. The molecule has 1 unspecified atom stereocenters. The van der Waals surface area contributed by atoms with E-state index in [4.69, 9.17) is 5.11 Å². The molecule has 1 saturated heterocycles. The molecule has 1 N–H and O–H groups in total. The molecule has 3 nitrogen and oxygen atoms in total. The third-order valence-electron chi connectivity index (χ3n) is 2.02. The number of hydrogen-bond donors (Lipinski definition) is 1. The van der Waals surface area contributed by atoms with Crippen molar-refractivity contribution in [3.8, 4) is 0 Å². The average Bonchev–Trinajstić information content (AvgIpc) is 2.31. The largest absolute Gasteiger partial charge is 0.396 e. The van der Waals surface area contributed by atoms with Crippen LogP contribution in [-0.4, -0.2) is 29.1 Å². The normalized spacial score (nSPS) is 25.7. The van der Waals surface area contributed by atoms with Crippen LogP contribution in [0.3, 0.4) is 0 Å². The van der Waals surface area contributed by atoms with Gasteiger partial charge >= 0.3 is 0 Å². The van der Waals surface area contributed by atoms with E-state index in [1.165, 1.54) is 0 Å². The molecule has 1 heterocycles. The summed E-state index contributed by atoms with van der Waals surface area (Å²) in [6, 6.07) is 0.201. The first-order valence-corrected chi connectivity index (χ1v) is 3.89. The summed E-state index contributed by atoms with van der Waals surface area (Å²) in [4.78, 5) is 10.9. The van der Waals surface area contributed by atoms with Gasteiger partial charge in [-0.05, 0) is 6.42 Å². The second kappa shape index (κ2) is 3.66. The Kier molecular flexibility index (Phi) is 2.81. The lowest BCUT2D eigenvalue weighted by molar-refractivity contribution is -0.565. The molecule has 58 valence electrons. The lowest BCUT2D eigenvalue weighted by Crippen LogP contribution is -2.16. The molecule has 0 spiro atoms. The van der Waals surface area contributed by atoms with Gasteiger partial charge in [-0.1, -0.05) is 0 Å². The van der Waals surface area contributed by atoms with E-state index < -0.39 is 0 Å². The van der Waals surface area contributed by atoms with Crippen molar-refractivity contribution in [1.29, 1.82) is 0 Å². The molecule has 0 aliphatic carbocycles. The van der Waals surface area contributed by atoms with E-state index in [9.17, 15) is 4.91 Å². The summed E-state index contributed by atoms with van der Waals surface area (Å²) >= 11 is 0. The van der Waals surface area contributed by atoms with Crippen molar-refractivity contribution in [2.45, 2.75) is 31.7 Å². The molecule has 0 aromatic carbocycles. The Balaban J connectivity index is 2.20. The van der Waals surface area contributed by atoms with Crippen LogP contribution < -0.4 is 0 Å². The monoisotopic (exact) mass is 144 g/mol. The lowest BCUT2D eigenvalue weighted by Gasteiger charge is -1.97. The zero-order valence-corrected chi connectivity index (χ0v) is 6.12. The maximum Gasteiger partial charge on any atom is 0.201 e. The van der Waals surface area contributed by atoms with Gasteiger partial charge in [0.15, 0.2) is 6.54 Å². The van der Waals surface area contributed by atoms with Crippen LogP contribution in [0.5, 0.6) is 0 Å². The van der Waals surface area contributed by atoms with Gasteiger partial charge in [-0.2, -0.15) is 0 Å². The Morgan fingerprint density at radius 1 is 1.60 bits per heavy atom. The molecule has 3 heteroatoms. The number of nitroso groups, excluding NO2 is 1. The smallest absolute Gasteiger partial charge is 0.201 e. The van der Waals surface area contributed by atoms with Gasteiger partial charge in [-0.3, -0.25) is 0 Å². The molecule has 0 aromatic rings. The van der Waals surface area contributed by atoms with Crippen molar-refractivity contribution < 1.29 is 9.87 Å². The van der Waals surface area contributed by atoms with Crippen molar-refractivity contribution in [1.82, 2.24) is 0 Å². The van der Waals surface area contributed by atoms with Crippen molar-refractivity contribution >= 4 is 0 Å². The highest BCUT2D eigenvalue weighted by Gasteiger charge is 2.30. The van der Waals surface area contributed by atoms with E-state index in [2.05, 4.69) is 0 Å². The SMILES string of the molecule is O=[N+]1CCCC1CCCO. The molecule has 0 radical (unpaired) electrons. The van der Waals surface area contributed by atoms with Crippen LogP contribution in [0.4, 0.5) is 0 Å². The topological polar surface area (TPSA) is 40.3 Å². The molecular formula is C7H14NO2+. The Bertz CT molecular complexity index is 125. The molecule has 1 fully saturated rings. The van der Waals surface area contributed by atoms with Gasteiger partial charge in [0, 0.05) is 35.5 Å². The van der Waals surface area contributed by atoms with Gasteiger partial charge in [0.25, 0.3) is 0 Å². The maximum atomic E-state index is 10.9. The Morgan fingerprint density at radius 2 is 2.40 bits per heavy atom. The Labute approximate surface area is 60.6 Å². The van der Waals surface area contributed by atoms with E-state index in [0.29, 0.717) is 6.54 Å². The van der Waals surface area contributed by atoms with Gasteiger partial charge in [0.05, 0.1) is 0 Å². The molecule has 1 rings (SSSR count). The molecule has 1 aliphatic rings. The van der Waals surface area contributed by atoms with Crippen LogP contribution in [0.1, 0.15) is 25.7 Å². The highest BCUT2D eigenvalue weighted by molar-refractivity contribution is 4.61. The number of rotatable bonds is 3. The fourth-order valence-corrected chi connectivity index (χ4v) is 1.42. The summed E-state index contributed by atoms with van der Waals surface area (Å²) in [5, 5.41) is 8.49. The van der Waals surface area contributed by atoms with E-state index in [1.54, 1.807) is 0 Å². The Morgan fingerprint density at radius 3 is 2.90 bits per heavy atom. The summed E-state index contributed by atoms with van der Waals surface area (Å²) in [5.41, 5.74) is 0. The third kappa shape index (κ3) is 1.77. The van der Waals surface area contributed by atoms with Crippen LogP contribution in [0.15, 0.2) is 0 Å². The number of aliphatic hydroxyl groups excluding tert-OH is 1. The van der Waals surface area contributed by atoms with E-state index in [-0.39, 0.29) is 12.6 Å². The van der Waals surface area contributed by atoms with Gasteiger partial charge < -0.3 is 5.11 Å². The highest BCUT2D eigenvalue weighted by atomic mass is 16.3. The van der Waals surface area contributed by atoms with Crippen molar-refractivity contribution in [3.05, 3.63) is 4.91 Å². The minimum Gasteiger partial charge on any atom is -0.396 e. The van der Waals surface area contributed by atoms with Crippen LogP contribution in [-0.2, 0) is 0 Å². The van der Waals surface area contributed by atoms with Gasteiger partial charge in [0.1, 0.15) is 0 Å². The van der Waals surface area contributed by atoms with E-state index >= 15 is 0 Å². The molecule has 1 atom stereocenters. The van der Waals surface area contributed by atoms with Crippen LogP contribution in [0.25, 0.3) is 0 Å². The molecular weight excluding hydrogens is 130 g/mol. The molecule has 10 heavy (non-hydrogen) atoms.